The number of amides is 3. The summed E-state index contributed by atoms with van der Waals surface area (Å²) in [4.78, 5) is 38.0. The first-order valence-corrected chi connectivity index (χ1v) is 8.02. The van der Waals surface area contributed by atoms with E-state index in [1.54, 1.807) is 24.3 Å². The van der Waals surface area contributed by atoms with Crippen molar-refractivity contribution in [1.82, 2.24) is 10.2 Å². The first-order valence-electron chi connectivity index (χ1n) is 8.02. The monoisotopic (exact) mass is 338 g/mol. The van der Waals surface area contributed by atoms with Crippen LogP contribution in [-0.4, -0.2) is 41.8 Å². The Morgan fingerprint density at radius 3 is 2.16 bits per heavy atom. The number of fused-ring (bicyclic) bond motifs is 1. The lowest BCUT2D eigenvalue weighted by atomic mass is 10.1. The van der Waals surface area contributed by atoms with Crippen molar-refractivity contribution in [2.75, 3.05) is 13.2 Å². The van der Waals surface area contributed by atoms with Gasteiger partial charge in [-0.05, 0) is 31.2 Å². The Kier molecular flexibility index (Phi) is 4.79. The highest BCUT2D eigenvalue weighted by Crippen LogP contribution is 2.24. The van der Waals surface area contributed by atoms with Gasteiger partial charge in [-0.25, -0.2) is 0 Å². The summed E-state index contributed by atoms with van der Waals surface area (Å²) < 4.78 is 5.49. The van der Waals surface area contributed by atoms with E-state index in [4.69, 9.17) is 4.74 Å². The fraction of sp³-hybridized carbons (Fsp3) is 0.211. The Morgan fingerprint density at radius 2 is 1.56 bits per heavy atom. The van der Waals surface area contributed by atoms with Crippen LogP contribution in [0.1, 0.15) is 27.6 Å². The molecule has 2 aromatic carbocycles. The van der Waals surface area contributed by atoms with Crippen LogP contribution in [0.15, 0.2) is 54.6 Å². The van der Waals surface area contributed by atoms with Gasteiger partial charge in [-0.2, -0.15) is 0 Å². The van der Waals surface area contributed by atoms with Crippen molar-refractivity contribution in [2.45, 2.75) is 13.0 Å². The topological polar surface area (TPSA) is 75.7 Å². The minimum absolute atomic E-state index is 0.279. The van der Waals surface area contributed by atoms with E-state index in [2.05, 4.69) is 5.32 Å². The minimum atomic E-state index is -0.885. The van der Waals surface area contributed by atoms with E-state index >= 15 is 0 Å². The molecule has 0 aliphatic carbocycles. The van der Waals surface area contributed by atoms with E-state index in [9.17, 15) is 14.4 Å². The highest BCUT2D eigenvalue weighted by atomic mass is 16.5. The van der Waals surface area contributed by atoms with Gasteiger partial charge in [0.1, 0.15) is 18.4 Å². The zero-order chi connectivity index (χ0) is 17.8. The van der Waals surface area contributed by atoms with Gasteiger partial charge in [-0.1, -0.05) is 30.3 Å². The molecule has 25 heavy (non-hydrogen) atoms. The summed E-state index contributed by atoms with van der Waals surface area (Å²) in [5, 5.41) is 2.69. The Labute approximate surface area is 145 Å². The Hall–Kier alpha value is -3.15. The van der Waals surface area contributed by atoms with Crippen LogP contribution < -0.4 is 10.1 Å². The number of rotatable bonds is 6. The molecule has 0 saturated carbocycles. The SMILES string of the molecule is CC(C(=O)NCCOc1ccccc1)N1C(=O)c2ccccc2C1=O. The molecule has 0 bridgehead atoms. The van der Waals surface area contributed by atoms with Crippen LogP contribution in [0.5, 0.6) is 5.75 Å². The second-order valence-corrected chi connectivity index (χ2v) is 5.65. The molecule has 2 aromatic rings. The summed E-state index contributed by atoms with van der Waals surface area (Å²) >= 11 is 0. The molecule has 0 saturated heterocycles. The summed E-state index contributed by atoms with van der Waals surface area (Å²) in [5.41, 5.74) is 0.666. The van der Waals surface area contributed by atoms with Gasteiger partial charge in [-0.3, -0.25) is 19.3 Å². The number of carbonyl (C=O) groups is 3. The van der Waals surface area contributed by atoms with Gasteiger partial charge in [0.25, 0.3) is 11.8 Å². The zero-order valence-electron chi connectivity index (χ0n) is 13.8. The van der Waals surface area contributed by atoms with E-state index in [0.29, 0.717) is 23.5 Å². The normalized spacial score (nSPS) is 14.2. The van der Waals surface area contributed by atoms with Crippen LogP contribution in [0.25, 0.3) is 0 Å². The van der Waals surface area contributed by atoms with Crippen molar-refractivity contribution in [3.8, 4) is 5.75 Å². The van der Waals surface area contributed by atoms with Crippen LogP contribution in [-0.2, 0) is 4.79 Å². The summed E-state index contributed by atoms with van der Waals surface area (Å²) in [7, 11) is 0. The molecule has 1 atom stereocenters. The van der Waals surface area contributed by atoms with E-state index in [1.807, 2.05) is 30.3 Å². The lowest BCUT2D eigenvalue weighted by Crippen LogP contribution is -2.48. The predicted molar refractivity (Wildman–Crippen MR) is 91.4 cm³/mol. The molecular weight excluding hydrogens is 320 g/mol. The lowest BCUT2D eigenvalue weighted by molar-refractivity contribution is -0.124. The van der Waals surface area contributed by atoms with Crippen LogP contribution in [0.2, 0.25) is 0 Å². The molecule has 3 amide bonds. The van der Waals surface area contributed by atoms with Gasteiger partial charge < -0.3 is 10.1 Å². The maximum absolute atomic E-state index is 12.4. The molecule has 0 aromatic heterocycles. The fourth-order valence-electron chi connectivity index (χ4n) is 2.68. The van der Waals surface area contributed by atoms with Gasteiger partial charge in [0.05, 0.1) is 17.7 Å². The lowest BCUT2D eigenvalue weighted by Gasteiger charge is -2.21. The van der Waals surface area contributed by atoms with Gasteiger partial charge in [0.15, 0.2) is 0 Å². The number of carbonyl (C=O) groups excluding carboxylic acids is 3. The quantitative estimate of drug-likeness (QED) is 0.644. The standard InChI is InChI=1S/C19H18N2O4/c1-13(17(22)20-11-12-25-14-7-3-2-4-8-14)21-18(23)15-9-5-6-10-16(15)19(21)24/h2-10,13H,11-12H2,1H3,(H,20,22). The van der Waals surface area contributed by atoms with Gasteiger partial charge in [-0.15, -0.1) is 0 Å². The highest BCUT2D eigenvalue weighted by molar-refractivity contribution is 6.22. The summed E-state index contributed by atoms with van der Waals surface area (Å²) in [5.74, 6) is -0.566. The average molecular weight is 338 g/mol. The smallest absolute Gasteiger partial charge is 0.262 e. The Morgan fingerprint density at radius 1 is 1.00 bits per heavy atom. The molecule has 128 valence electrons. The summed E-state index contributed by atoms with van der Waals surface area (Å²) in [6.07, 6.45) is 0. The first-order chi connectivity index (χ1) is 12.1. The van der Waals surface area contributed by atoms with Gasteiger partial charge in [0.2, 0.25) is 5.91 Å². The minimum Gasteiger partial charge on any atom is -0.492 e. The van der Waals surface area contributed by atoms with E-state index in [-0.39, 0.29) is 6.54 Å². The molecule has 0 fully saturated rings. The Balaban J connectivity index is 1.54. The molecule has 6 heteroatoms. The average Bonchev–Trinajstić information content (AvgIpc) is 2.90. The molecule has 1 N–H and O–H groups in total. The molecule has 1 heterocycles. The van der Waals surface area contributed by atoms with E-state index < -0.39 is 23.8 Å². The van der Waals surface area contributed by atoms with Crippen LogP contribution in [0, 0.1) is 0 Å². The van der Waals surface area contributed by atoms with Crippen molar-refractivity contribution in [2.24, 2.45) is 0 Å². The predicted octanol–water partition coefficient (Wildman–Crippen LogP) is 1.87. The molecular formula is C19H18N2O4. The van der Waals surface area contributed by atoms with Crippen LogP contribution >= 0.6 is 0 Å². The number of nitrogens with zero attached hydrogens (tertiary/aromatic N) is 1. The molecule has 1 aliphatic rings. The van der Waals surface area contributed by atoms with Crippen molar-refractivity contribution >= 4 is 17.7 Å². The second kappa shape index (κ2) is 7.17. The molecule has 1 unspecified atom stereocenters. The number of benzene rings is 2. The van der Waals surface area contributed by atoms with Gasteiger partial charge >= 0.3 is 0 Å². The van der Waals surface area contributed by atoms with Crippen molar-refractivity contribution < 1.29 is 19.1 Å². The highest BCUT2D eigenvalue weighted by Gasteiger charge is 2.40. The van der Waals surface area contributed by atoms with Crippen molar-refractivity contribution in [3.05, 3.63) is 65.7 Å². The third kappa shape index (κ3) is 3.38. The number of ether oxygens (including phenoxy) is 1. The molecule has 0 spiro atoms. The third-order valence-corrected chi connectivity index (χ3v) is 4.01. The fourth-order valence-corrected chi connectivity index (χ4v) is 2.68. The second-order valence-electron chi connectivity index (χ2n) is 5.65. The molecule has 3 rings (SSSR count). The maximum atomic E-state index is 12.4. The Bertz CT molecular complexity index is 769. The number of hydrogen-bond donors (Lipinski definition) is 1. The maximum Gasteiger partial charge on any atom is 0.262 e. The number of para-hydroxylation sites is 1. The van der Waals surface area contributed by atoms with Crippen molar-refractivity contribution in [1.29, 1.82) is 0 Å². The van der Waals surface area contributed by atoms with Crippen molar-refractivity contribution in [3.63, 3.8) is 0 Å². The van der Waals surface area contributed by atoms with Gasteiger partial charge in [0, 0.05) is 0 Å². The first kappa shape index (κ1) is 16.7. The largest absolute Gasteiger partial charge is 0.492 e. The number of hydrogen-bond acceptors (Lipinski definition) is 4. The zero-order valence-corrected chi connectivity index (χ0v) is 13.8. The van der Waals surface area contributed by atoms with Crippen LogP contribution in [0.4, 0.5) is 0 Å². The summed E-state index contributed by atoms with van der Waals surface area (Å²) in [6.45, 7) is 2.11. The summed E-state index contributed by atoms with van der Waals surface area (Å²) in [6, 6.07) is 14.9. The van der Waals surface area contributed by atoms with E-state index in [0.717, 1.165) is 4.90 Å². The number of nitrogens with one attached hydrogen (secondary N) is 1. The number of imide groups is 1. The molecule has 6 nitrogen and oxygen atoms in total. The molecule has 0 radical (unpaired) electrons. The van der Waals surface area contributed by atoms with E-state index in [1.165, 1.54) is 6.92 Å². The molecule has 1 aliphatic heterocycles. The third-order valence-electron chi connectivity index (χ3n) is 4.01. The van der Waals surface area contributed by atoms with Crippen LogP contribution in [0.3, 0.4) is 0 Å².